The minimum Gasteiger partial charge on any atom is -0.508 e. The third-order valence-corrected chi connectivity index (χ3v) is 25.0. The summed E-state index contributed by atoms with van der Waals surface area (Å²) in [6.45, 7) is 8.18. The first kappa shape index (κ1) is 101. The number of nitrogens with one attached hydrogen (secondary N) is 13. The van der Waals surface area contributed by atoms with Gasteiger partial charge in [0.25, 0.3) is 0 Å². The van der Waals surface area contributed by atoms with Crippen LogP contribution in [0.15, 0.2) is 97.7 Å². The highest BCUT2D eigenvalue weighted by molar-refractivity contribution is 8.00. The SMILES string of the molecule is CCCC[C@H]1C(=O)N(C)[C@@H](CCCC)C(=O)N[C@@H](C)C(=O)N[C@H]2CSCC(=O)N[C@@H](Cc3ccc(O)cc3)C(=O)N(C)[C@@H](C)C(=O)N[C@@H](CC(N)=O)C(=O)N3CCC[C@H]3C(=O)N[C@@H](Cc3cnc[nH]3)C(=O)N[C@@H](CC(C)C)C(=O)N[C@@H](CCCCCC(=O)CNC2=O)C(=O)C[C@@H](Cc2c[nH]c3ccccc23)C(=O)N[C@@H](CO)C(=O)N[C@@H](Cc2c[nH]c3ccccc23)C(=O)N1C. The molecule has 38 nitrogen and oxygen atoms in total. The number of phenols is 1. The zero-order valence-electron chi connectivity index (χ0n) is 75.1. The number of phenolic OH excluding ortho intramolecular Hbond substituents is 1. The van der Waals surface area contributed by atoms with Crippen molar-refractivity contribution >= 4 is 134 Å². The number of nitrogens with zero attached hydrogens (tertiary/aromatic N) is 5. The number of carbonyl (C=O) groups excluding carboxylic acids is 17. The molecule has 3 aromatic carbocycles. The number of thioether (sulfide) groups is 1. The highest BCUT2D eigenvalue weighted by Gasteiger charge is 2.44. The van der Waals surface area contributed by atoms with Gasteiger partial charge < -0.3 is 104 Å². The maximum absolute atomic E-state index is 15.7. The number of aliphatic hydroxyl groups excluding tert-OH is 1. The number of unbranched alkanes of at least 4 members (excludes halogenated alkanes) is 2. The van der Waals surface area contributed by atoms with Crippen molar-refractivity contribution in [1.82, 2.24) is 92.7 Å². The zero-order chi connectivity index (χ0) is 94.6. The van der Waals surface area contributed by atoms with Gasteiger partial charge in [0.1, 0.15) is 78.3 Å². The number of H-pyrrole nitrogens is 3. The zero-order valence-corrected chi connectivity index (χ0v) is 75.9. The molecule has 14 atom stereocenters. The predicted molar refractivity (Wildman–Crippen MR) is 482 cm³/mol. The van der Waals surface area contributed by atoms with Crippen molar-refractivity contribution in [3.8, 4) is 5.75 Å². The number of amides is 15. The fourth-order valence-electron chi connectivity index (χ4n) is 16.4. The van der Waals surface area contributed by atoms with Gasteiger partial charge in [0.15, 0.2) is 11.6 Å². The Balaban J connectivity index is 1.14. The Morgan fingerprint density at radius 1 is 0.546 bits per heavy atom. The Hall–Kier alpha value is -12.6. The van der Waals surface area contributed by atoms with Gasteiger partial charge in [0.2, 0.25) is 88.6 Å². The first-order chi connectivity index (χ1) is 62.1. The van der Waals surface area contributed by atoms with Crippen molar-refractivity contribution in [1.29, 1.82) is 0 Å². The van der Waals surface area contributed by atoms with Gasteiger partial charge in [0, 0.05) is 118 Å². The van der Waals surface area contributed by atoms with E-state index < -0.39 is 216 Å². The molecule has 3 aliphatic heterocycles. The number of primary amides is 1. The lowest BCUT2D eigenvalue weighted by molar-refractivity contribution is -0.149. The number of aromatic amines is 3. The number of likely N-dealkylation sites (N-methyl/N-ethyl adjacent to an activating group) is 3. The van der Waals surface area contributed by atoms with Crippen LogP contribution < -0.4 is 58.9 Å². The molecule has 6 heterocycles. The Labute approximate surface area is 758 Å². The molecule has 3 fully saturated rings. The second-order valence-corrected chi connectivity index (χ2v) is 35.3. The second kappa shape index (κ2) is 48.7. The Morgan fingerprint density at radius 3 is 1.77 bits per heavy atom. The number of aliphatic hydroxyl groups is 1. The summed E-state index contributed by atoms with van der Waals surface area (Å²) in [4.78, 5) is 270. The number of aromatic nitrogens is 4. The molecule has 3 saturated heterocycles. The highest BCUT2D eigenvalue weighted by atomic mass is 32.2. The molecule has 130 heavy (non-hydrogen) atoms. The molecule has 17 N–H and O–H groups in total. The summed E-state index contributed by atoms with van der Waals surface area (Å²) in [7, 11) is 4.02. The molecule has 6 aromatic rings. The van der Waals surface area contributed by atoms with Gasteiger partial charge in [-0.2, -0.15) is 0 Å². The van der Waals surface area contributed by atoms with Crippen LogP contribution in [0.2, 0.25) is 0 Å². The largest absolute Gasteiger partial charge is 0.508 e. The molecule has 0 spiro atoms. The van der Waals surface area contributed by atoms with Crippen molar-refractivity contribution in [2.45, 2.75) is 249 Å². The standard InChI is InChI=1S/C91H125N19O19S/c1-10-12-28-73-86(124)98-52(5)79(117)106-72-48-130-49-78(116)99-68(37-54-31-33-59(112)34-32-54)88(126)107(7)53(6)80(118)103-70(42-77(92)115)90(128)110-35-21-30-74(110)87(125)102-67(41-58-45-93-50-97-58)84(122)101-66(36-51(3)4)83(121)100-65(27-16-14-15-22-60(113)46-96-82(72)120)76(114)40-55(38-56-43-94-63-25-19-17-23-61(56)63)81(119)105-71(47-111)85(123)104-69(39-57-44-95-64-26-20-18-24-62(57)64)89(127)109(9)75(29-13-11-2)91(129)108(73)8/h17-20,23-26,31-34,43-45,50-53,55,65-75,94-95,111-112H,10-16,21-22,27-30,35-42,46-49H2,1-9H3,(H2,92,115)(H,93,97)(H,96,120)(H,98,124)(H,99,116)(H,100,121)(H,101,122)(H,102,125)(H,103,118)(H,104,123)(H,105,119)(H,106,117)/t52-,53-,55+,65-,66-,67-,68-,69-,70-,71-,72-,73-,74-,75-/m0/s1. The highest BCUT2D eigenvalue weighted by Crippen LogP contribution is 2.28. The topological polar surface area (TPSA) is 550 Å². The van der Waals surface area contributed by atoms with E-state index in [-0.39, 0.29) is 114 Å². The van der Waals surface area contributed by atoms with Crippen molar-refractivity contribution in [2.75, 3.05) is 52.3 Å². The lowest BCUT2D eigenvalue weighted by Crippen LogP contribution is -2.60. The van der Waals surface area contributed by atoms with Crippen LogP contribution in [0.25, 0.3) is 21.8 Å². The van der Waals surface area contributed by atoms with Crippen LogP contribution in [0.4, 0.5) is 0 Å². The third-order valence-electron chi connectivity index (χ3n) is 24.0. The van der Waals surface area contributed by atoms with Gasteiger partial charge in [-0.15, -0.1) is 11.8 Å². The molecule has 0 aliphatic carbocycles. The van der Waals surface area contributed by atoms with E-state index in [1.807, 2.05) is 19.9 Å². The Bertz CT molecular complexity index is 5000. The molecular weight excluding hydrogens is 1700 g/mol. The minimum absolute atomic E-state index is 0.0159. The van der Waals surface area contributed by atoms with E-state index in [1.165, 1.54) is 81.6 Å². The number of para-hydroxylation sites is 2. The quantitative estimate of drug-likeness (QED) is 0.0546. The molecule has 9 rings (SSSR count). The number of ketones is 2. The van der Waals surface area contributed by atoms with Gasteiger partial charge >= 0.3 is 0 Å². The molecule has 0 unspecified atom stereocenters. The average molecular weight is 1820 g/mol. The number of Topliss-reactive ketones (excluding diaryl/α,β-unsaturated/α-hetero) is 2. The summed E-state index contributed by atoms with van der Waals surface area (Å²) in [5.41, 5.74) is 8.94. The van der Waals surface area contributed by atoms with Gasteiger partial charge in [0.05, 0.1) is 37.7 Å². The number of hydrogen-bond donors (Lipinski definition) is 16. The number of nitrogens with two attached hydrogens (primary N) is 1. The third kappa shape index (κ3) is 28.2. The lowest BCUT2D eigenvalue weighted by atomic mass is 9.89. The van der Waals surface area contributed by atoms with Gasteiger partial charge in [-0.25, -0.2) is 4.98 Å². The van der Waals surface area contributed by atoms with Crippen LogP contribution in [0.1, 0.15) is 167 Å². The molecule has 39 heteroatoms. The van der Waals surface area contributed by atoms with Gasteiger partial charge in [-0.1, -0.05) is 115 Å². The Kier molecular flexibility index (Phi) is 37.9. The van der Waals surface area contributed by atoms with E-state index in [2.05, 4.69) is 73.1 Å². The van der Waals surface area contributed by atoms with Crippen molar-refractivity contribution in [2.24, 2.45) is 17.6 Å². The smallest absolute Gasteiger partial charge is 0.246 e. The number of carbonyl (C=O) groups is 17. The number of aromatic hydroxyl groups is 1. The molecule has 0 saturated carbocycles. The number of fused-ring (bicyclic) bond motifs is 13. The summed E-state index contributed by atoms with van der Waals surface area (Å²) in [5, 5.41) is 49.9. The fourth-order valence-corrected chi connectivity index (χ4v) is 17.2. The van der Waals surface area contributed by atoms with Crippen molar-refractivity contribution in [3.05, 3.63) is 120 Å². The number of benzene rings is 3. The first-order valence-corrected chi connectivity index (χ1v) is 45.7. The van der Waals surface area contributed by atoms with E-state index in [4.69, 9.17) is 5.73 Å². The summed E-state index contributed by atoms with van der Waals surface area (Å²) in [6, 6.07) is 0.550. The second-order valence-electron chi connectivity index (χ2n) is 34.3. The molecule has 3 aromatic heterocycles. The molecule has 3 aliphatic rings. The van der Waals surface area contributed by atoms with Crippen LogP contribution >= 0.6 is 11.8 Å². The maximum atomic E-state index is 15.7. The summed E-state index contributed by atoms with van der Waals surface area (Å²) >= 11 is 0.815. The molecule has 0 radical (unpaired) electrons. The summed E-state index contributed by atoms with van der Waals surface area (Å²) in [5.74, 6) is -17.3. The van der Waals surface area contributed by atoms with Crippen LogP contribution in [-0.4, -0.2) is 281 Å². The van der Waals surface area contributed by atoms with Crippen LogP contribution in [0.3, 0.4) is 0 Å². The predicted octanol–water partition coefficient (Wildman–Crippen LogP) is 1.49. The summed E-state index contributed by atoms with van der Waals surface area (Å²) in [6.07, 6.45) is 5.95. The van der Waals surface area contributed by atoms with Gasteiger partial charge in [-0.3, -0.25) is 81.5 Å². The molecular formula is C91H125N19O19S. The van der Waals surface area contributed by atoms with Crippen LogP contribution in [-0.2, 0) is 107 Å². The summed E-state index contributed by atoms with van der Waals surface area (Å²) < 4.78 is 0. The number of hydrogen-bond acceptors (Lipinski definition) is 21. The normalized spacial score (nSPS) is 25.3. The van der Waals surface area contributed by atoms with Crippen molar-refractivity contribution in [3.63, 3.8) is 0 Å². The lowest BCUT2D eigenvalue weighted by Gasteiger charge is -2.36. The van der Waals surface area contributed by atoms with Crippen LogP contribution in [0, 0.1) is 11.8 Å². The molecule has 2 bridgehead atoms. The Morgan fingerprint density at radius 2 is 1.13 bits per heavy atom. The fraction of sp³-hybridized carbons (Fsp3) is 0.538. The van der Waals surface area contributed by atoms with E-state index in [1.54, 1.807) is 68.7 Å². The minimum atomic E-state index is -1.81. The molecule has 704 valence electrons. The van der Waals surface area contributed by atoms with Crippen molar-refractivity contribution < 1.29 is 91.7 Å². The number of rotatable bonds is 19. The monoisotopic (exact) mass is 1820 g/mol. The maximum Gasteiger partial charge on any atom is 0.246 e. The molecule has 15 amide bonds. The number of imidazole rings is 1. The van der Waals surface area contributed by atoms with Crippen LogP contribution in [0.5, 0.6) is 5.75 Å². The van der Waals surface area contributed by atoms with E-state index in [9.17, 15) is 58.2 Å². The van der Waals surface area contributed by atoms with E-state index >= 15 is 33.6 Å². The van der Waals surface area contributed by atoms with Gasteiger partial charge in [-0.05, 0) is 112 Å². The first-order valence-electron chi connectivity index (χ1n) is 44.5. The van der Waals surface area contributed by atoms with E-state index in [0.29, 0.717) is 69.9 Å². The average Bonchev–Trinajstić information content (AvgIpc) is 1.55. The van der Waals surface area contributed by atoms with E-state index in [0.717, 1.165) is 21.6 Å².